The molecule has 5 heteroatoms. The Morgan fingerprint density at radius 3 is 2.85 bits per heavy atom. The van der Waals surface area contributed by atoms with Gasteiger partial charge in [0.25, 0.3) is 0 Å². The lowest BCUT2D eigenvalue weighted by Gasteiger charge is -2.41. The Balaban J connectivity index is 1.52. The molecule has 2 aliphatic heterocycles. The van der Waals surface area contributed by atoms with Crippen LogP contribution >= 0.6 is 0 Å². The molecule has 1 N–H and O–H groups in total. The van der Waals surface area contributed by atoms with Crippen molar-refractivity contribution in [3.63, 3.8) is 0 Å². The largest absolute Gasteiger partial charge is 0.378 e. The highest BCUT2D eigenvalue weighted by atomic mass is 17.2. The Morgan fingerprint density at radius 2 is 2.03 bits per heavy atom. The van der Waals surface area contributed by atoms with E-state index in [2.05, 4.69) is 66.5 Å². The molecule has 0 bridgehead atoms. The molecule has 180 valence electrons. The molecule has 0 amide bonds. The van der Waals surface area contributed by atoms with E-state index >= 15 is 0 Å². The van der Waals surface area contributed by atoms with Gasteiger partial charge in [-0.3, -0.25) is 4.90 Å². The first-order valence-corrected chi connectivity index (χ1v) is 12.8. The molecule has 3 unspecified atom stereocenters. The lowest BCUT2D eigenvalue weighted by molar-refractivity contribution is -0.260. The molecular formula is C28H40N2O3. The summed E-state index contributed by atoms with van der Waals surface area (Å²) >= 11 is 0. The molecular weight excluding hydrogens is 412 g/mol. The highest BCUT2D eigenvalue weighted by Crippen LogP contribution is 2.34. The van der Waals surface area contributed by atoms with Gasteiger partial charge in [-0.05, 0) is 49.4 Å². The number of nitrogens with one attached hydrogen (secondary N) is 1. The number of ether oxygens (including phenoxy) is 1. The summed E-state index contributed by atoms with van der Waals surface area (Å²) in [6, 6.07) is 11.3. The van der Waals surface area contributed by atoms with Gasteiger partial charge in [-0.25, -0.2) is 0 Å². The van der Waals surface area contributed by atoms with Gasteiger partial charge < -0.3 is 14.9 Å². The number of allylic oxidation sites excluding steroid dienone is 4. The molecule has 4 rings (SSSR count). The van der Waals surface area contributed by atoms with Crippen molar-refractivity contribution in [1.82, 2.24) is 10.2 Å². The summed E-state index contributed by atoms with van der Waals surface area (Å²) < 4.78 is 6.41. The number of hydrogen-bond donors (Lipinski definition) is 1. The third kappa shape index (κ3) is 6.15. The third-order valence-electron chi connectivity index (χ3n) is 7.02. The Labute approximate surface area is 199 Å². The first-order valence-electron chi connectivity index (χ1n) is 12.8. The van der Waals surface area contributed by atoms with Crippen molar-refractivity contribution in [3.8, 4) is 0 Å². The van der Waals surface area contributed by atoms with Crippen LogP contribution in [0.15, 0.2) is 65.5 Å². The smallest absolute Gasteiger partial charge is 0.169 e. The Hall–Kier alpha value is -1.92. The third-order valence-corrected chi connectivity index (χ3v) is 7.02. The lowest BCUT2D eigenvalue weighted by atomic mass is 9.87. The van der Waals surface area contributed by atoms with E-state index < -0.39 is 0 Å². The number of piperazine rings is 1. The molecule has 1 aromatic carbocycles. The summed E-state index contributed by atoms with van der Waals surface area (Å²) in [6.45, 7) is 9.92. The SMILES string of the molecule is CCCOC(CCC)C(CCN1CCNCC1C1=C2CC=CC=C2OOC1)c1ccccc1. The molecule has 1 aliphatic carbocycles. The minimum atomic E-state index is 0.269. The maximum Gasteiger partial charge on any atom is 0.169 e. The molecule has 0 radical (unpaired) electrons. The van der Waals surface area contributed by atoms with Crippen molar-refractivity contribution in [2.75, 3.05) is 39.4 Å². The van der Waals surface area contributed by atoms with Crippen molar-refractivity contribution in [2.45, 2.75) is 64.0 Å². The van der Waals surface area contributed by atoms with Gasteiger partial charge in [-0.1, -0.05) is 62.8 Å². The van der Waals surface area contributed by atoms with Gasteiger partial charge in [0.1, 0.15) is 6.61 Å². The van der Waals surface area contributed by atoms with Gasteiger partial charge >= 0.3 is 0 Å². The predicted molar refractivity (Wildman–Crippen MR) is 133 cm³/mol. The van der Waals surface area contributed by atoms with Gasteiger partial charge in [0.15, 0.2) is 5.76 Å². The topological polar surface area (TPSA) is 43.0 Å². The van der Waals surface area contributed by atoms with Crippen LogP contribution in [-0.2, 0) is 14.5 Å². The molecule has 2 heterocycles. The molecule has 0 aromatic heterocycles. The van der Waals surface area contributed by atoms with Crippen LogP contribution in [0.4, 0.5) is 0 Å². The van der Waals surface area contributed by atoms with Crippen LogP contribution in [0.2, 0.25) is 0 Å². The van der Waals surface area contributed by atoms with Crippen LogP contribution in [0, 0.1) is 0 Å². The first kappa shape index (κ1) is 24.2. The van der Waals surface area contributed by atoms with E-state index in [4.69, 9.17) is 14.5 Å². The quantitative estimate of drug-likeness (QED) is 0.472. The van der Waals surface area contributed by atoms with Crippen molar-refractivity contribution < 1.29 is 14.5 Å². The maximum absolute atomic E-state index is 6.41. The molecule has 1 saturated heterocycles. The Bertz CT molecular complexity index is 833. The summed E-state index contributed by atoms with van der Waals surface area (Å²) in [4.78, 5) is 13.7. The highest BCUT2D eigenvalue weighted by molar-refractivity contribution is 5.42. The average molecular weight is 453 g/mol. The second kappa shape index (κ2) is 12.5. The van der Waals surface area contributed by atoms with Crippen molar-refractivity contribution >= 4 is 0 Å². The van der Waals surface area contributed by atoms with Gasteiger partial charge in [-0.2, -0.15) is 4.89 Å². The van der Waals surface area contributed by atoms with E-state index in [9.17, 15) is 0 Å². The number of nitrogens with zero attached hydrogens (tertiary/aromatic N) is 1. The van der Waals surface area contributed by atoms with Crippen molar-refractivity contribution in [3.05, 3.63) is 71.0 Å². The molecule has 3 atom stereocenters. The zero-order valence-electron chi connectivity index (χ0n) is 20.3. The maximum atomic E-state index is 6.41. The zero-order valence-corrected chi connectivity index (χ0v) is 20.3. The second-order valence-corrected chi connectivity index (χ2v) is 9.27. The van der Waals surface area contributed by atoms with E-state index in [0.29, 0.717) is 18.6 Å². The van der Waals surface area contributed by atoms with Gasteiger partial charge in [-0.15, -0.1) is 0 Å². The van der Waals surface area contributed by atoms with E-state index in [-0.39, 0.29) is 6.10 Å². The number of hydrogen-bond acceptors (Lipinski definition) is 5. The minimum Gasteiger partial charge on any atom is -0.378 e. The van der Waals surface area contributed by atoms with Crippen molar-refractivity contribution in [1.29, 1.82) is 0 Å². The van der Waals surface area contributed by atoms with Crippen LogP contribution < -0.4 is 5.32 Å². The van der Waals surface area contributed by atoms with Crippen LogP contribution in [0.3, 0.4) is 0 Å². The molecule has 3 aliphatic rings. The van der Waals surface area contributed by atoms with E-state index in [1.54, 1.807) is 0 Å². The highest BCUT2D eigenvalue weighted by Gasteiger charge is 2.33. The van der Waals surface area contributed by atoms with Gasteiger partial charge in [0.2, 0.25) is 0 Å². The molecule has 33 heavy (non-hydrogen) atoms. The van der Waals surface area contributed by atoms with E-state index in [1.165, 1.54) is 16.7 Å². The van der Waals surface area contributed by atoms with E-state index in [1.807, 2.05) is 6.08 Å². The predicted octanol–water partition coefficient (Wildman–Crippen LogP) is 5.13. The fourth-order valence-electron chi connectivity index (χ4n) is 5.34. The number of rotatable bonds is 11. The molecule has 1 fully saturated rings. The zero-order chi connectivity index (χ0) is 22.9. The summed E-state index contributed by atoms with van der Waals surface area (Å²) in [6.07, 6.45) is 11.9. The minimum absolute atomic E-state index is 0.269. The standard InChI is InChI=1S/C28H40N2O3/c1-3-10-27(31-19-4-2)23(22-11-6-5-7-12-22)15-17-30-18-16-29-20-26(30)25-21-32-33-28-14-9-8-13-24(25)28/h5-9,11-12,14,23,26-27,29H,3-4,10,13,15-21H2,1-2H3. The normalized spacial score (nSPS) is 23.0. The summed E-state index contributed by atoms with van der Waals surface area (Å²) in [5.74, 6) is 1.28. The monoisotopic (exact) mass is 452 g/mol. The fraction of sp³-hybridized carbons (Fsp3) is 0.571. The summed E-state index contributed by atoms with van der Waals surface area (Å²) in [5, 5.41) is 3.61. The first-order chi connectivity index (χ1) is 16.3. The summed E-state index contributed by atoms with van der Waals surface area (Å²) in [7, 11) is 0. The van der Waals surface area contributed by atoms with Crippen LogP contribution in [0.25, 0.3) is 0 Å². The number of benzene rings is 1. The van der Waals surface area contributed by atoms with Crippen LogP contribution in [-0.4, -0.2) is 56.4 Å². The van der Waals surface area contributed by atoms with Gasteiger partial charge in [0, 0.05) is 43.8 Å². The number of fused-ring (bicyclic) bond motifs is 1. The van der Waals surface area contributed by atoms with Crippen LogP contribution in [0.1, 0.15) is 57.4 Å². The molecule has 5 nitrogen and oxygen atoms in total. The second-order valence-electron chi connectivity index (χ2n) is 9.27. The molecule has 0 saturated carbocycles. The molecule has 0 spiro atoms. The Morgan fingerprint density at radius 1 is 1.15 bits per heavy atom. The van der Waals surface area contributed by atoms with Crippen LogP contribution in [0.5, 0.6) is 0 Å². The lowest BCUT2D eigenvalue weighted by Crippen LogP contribution is -2.53. The van der Waals surface area contributed by atoms with Gasteiger partial charge in [0.05, 0.1) is 6.10 Å². The summed E-state index contributed by atoms with van der Waals surface area (Å²) in [5.41, 5.74) is 4.07. The average Bonchev–Trinajstić information content (AvgIpc) is 2.88. The van der Waals surface area contributed by atoms with Crippen molar-refractivity contribution in [2.24, 2.45) is 0 Å². The molecule has 1 aromatic rings. The van der Waals surface area contributed by atoms with E-state index in [0.717, 1.165) is 70.6 Å². The Kier molecular flexibility index (Phi) is 9.18. The fourth-order valence-corrected chi connectivity index (χ4v) is 5.34.